The molecule has 3 nitrogen and oxygen atoms in total. The van der Waals surface area contributed by atoms with E-state index < -0.39 is 9.84 Å². The molecule has 0 atom stereocenters. The Kier molecular flexibility index (Phi) is 4.01. The van der Waals surface area contributed by atoms with Crippen LogP contribution in [0.5, 0.6) is 0 Å². The molecule has 3 rings (SSSR count). The zero-order chi connectivity index (χ0) is 16.4. The van der Waals surface area contributed by atoms with Gasteiger partial charge in [-0.15, -0.1) is 0 Å². The van der Waals surface area contributed by atoms with Crippen LogP contribution in [0.3, 0.4) is 0 Å². The third-order valence-electron chi connectivity index (χ3n) is 3.64. The second-order valence-electron chi connectivity index (χ2n) is 5.57. The van der Waals surface area contributed by atoms with Gasteiger partial charge in [-0.1, -0.05) is 42.5 Å². The Bertz CT molecular complexity index is 948. The maximum atomic E-state index is 11.9. The van der Waals surface area contributed by atoms with Crippen LogP contribution in [0.25, 0.3) is 22.4 Å². The molecule has 116 valence electrons. The number of nitrogens with zero attached hydrogens (tertiary/aromatic N) is 1. The minimum absolute atomic E-state index is 0.329. The van der Waals surface area contributed by atoms with Crippen molar-refractivity contribution in [3.05, 3.63) is 72.4 Å². The lowest BCUT2D eigenvalue weighted by atomic mass is 9.98. The normalized spacial score (nSPS) is 11.4. The summed E-state index contributed by atoms with van der Waals surface area (Å²) in [6, 6.07) is 19.1. The molecule has 0 aliphatic rings. The Labute approximate surface area is 136 Å². The monoisotopic (exact) mass is 323 g/mol. The lowest BCUT2D eigenvalue weighted by Gasteiger charge is -2.11. The highest BCUT2D eigenvalue weighted by atomic mass is 32.2. The third kappa shape index (κ3) is 3.32. The van der Waals surface area contributed by atoms with Crippen LogP contribution in [0.4, 0.5) is 0 Å². The fraction of sp³-hybridized carbons (Fsp3) is 0.105. The number of benzene rings is 2. The van der Waals surface area contributed by atoms with E-state index in [9.17, 15) is 8.42 Å². The lowest BCUT2D eigenvalue weighted by Crippen LogP contribution is -1.98. The summed E-state index contributed by atoms with van der Waals surface area (Å²) in [5.74, 6) is 0. The molecule has 0 N–H and O–H groups in total. The number of pyridine rings is 1. The van der Waals surface area contributed by atoms with Crippen LogP contribution in [0.15, 0.2) is 71.8 Å². The van der Waals surface area contributed by atoms with Gasteiger partial charge in [-0.05, 0) is 36.2 Å². The van der Waals surface area contributed by atoms with Crippen LogP contribution in [-0.4, -0.2) is 19.7 Å². The summed E-state index contributed by atoms with van der Waals surface area (Å²) >= 11 is 0. The quantitative estimate of drug-likeness (QED) is 0.728. The van der Waals surface area contributed by atoms with Crippen molar-refractivity contribution in [3.63, 3.8) is 0 Å². The average molecular weight is 323 g/mol. The highest BCUT2D eigenvalue weighted by Gasteiger charge is 2.13. The van der Waals surface area contributed by atoms with Crippen molar-refractivity contribution in [1.29, 1.82) is 0 Å². The Morgan fingerprint density at radius 1 is 0.870 bits per heavy atom. The fourth-order valence-electron chi connectivity index (χ4n) is 2.58. The van der Waals surface area contributed by atoms with Gasteiger partial charge in [0.2, 0.25) is 0 Å². The van der Waals surface area contributed by atoms with Gasteiger partial charge in [0.15, 0.2) is 9.84 Å². The van der Waals surface area contributed by atoms with Crippen molar-refractivity contribution in [2.75, 3.05) is 6.26 Å². The summed E-state index contributed by atoms with van der Waals surface area (Å²) < 4.78 is 23.8. The molecule has 0 spiro atoms. The maximum Gasteiger partial charge on any atom is 0.175 e. The van der Waals surface area contributed by atoms with E-state index in [4.69, 9.17) is 0 Å². The molecule has 1 aromatic heterocycles. The molecule has 23 heavy (non-hydrogen) atoms. The van der Waals surface area contributed by atoms with Crippen LogP contribution in [0, 0.1) is 6.92 Å². The summed E-state index contributed by atoms with van der Waals surface area (Å²) in [7, 11) is -3.25. The third-order valence-corrected chi connectivity index (χ3v) is 4.74. The minimum Gasteiger partial charge on any atom is -0.256 e. The molecule has 2 aromatic carbocycles. The molecule has 0 unspecified atom stereocenters. The molecular formula is C19H17NO2S. The summed E-state index contributed by atoms with van der Waals surface area (Å²) in [6.07, 6.45) is 2.98. The molecular weight excluding hydrogens is 306 g/mol. The van der Waals surface area contributed by atoms with Crippen molar-refractivity contribution in [3.8, 4) is 22.4 Å². The van der Waals surface area contributed by atoms with Crippen molar-refractivity contribution in [2.45, 2.75) is 11.8 Å². The molecule has 0 aliphatic heterocycles. The first-order valence-electron chi connectivity index (χ1n) is 7.28. The van der Waals surface area contributed by atoms with E-state index in [-0.39, 0.29) is 0 Å². The van der Waals surface area contributed by atoms with E-state index in [1.54, 1.807) is 18.3 Å². The van der Waals surface area contributed by atoms with E-state index in [1.165, 1.54) is 6.26 Å². The van der Waals surface area contributed by atoms with Crippen LogP contribution in [0.1, 0.15) is 5.56 Å². The molecule has 0 saturated heterocycles. The SMILES string of the molecule is Cc1cc(-c2cccnc2-c2ccccc2)cc(S(C)(=O)=O)c1. The molecule has 0 aliphatic carbocycles. The first kappa shape index (κ1) is 15.4. The second-order valence-corrected chi connectivity index (χ2v) is 7.59. The summed E-state index contributed by atoms with van der Waals surface area (Å²) in [4.78, 5) is 4.83. The van der Waals surface area contributed by atoms with E-state index in [0.717, 1.165) is 27.9 Å². The predicted molar refractivity (Wildman–Crippen MR) is 93.0 cm³/mol. The molecule has 0 bridgehead atoms. The fourth-order valence-corrected chi connectivity index (χ4v) is 3.32. The highest BCUT2D eigenvalue weighted by molar-refractivity contribution is 7.90. The van der Waals surface area contributed by atoms with Crippen molar-refractivity contribution < 1.29 is 8.42 Å². The van der Waals surface area contributed by atoms with Crippen LogP contribution in [-0.2, 0) is 9.84 Å². The van der Waals surface area contributed by atoms with Crippen molar-refractivity contribution >= 4 is 9.84 Å². The predicted octanol–water partition coefficient (Wildman–Crippen LogP) is 4.13. The summed E-state index contributed by atoms with van der Waals surface area (Å²) in [5, 5.41) is 0. The Morgan fingerprint density at radius 3 is 2.30 bits per heavy atom. The topological polar surface area (TPSA) is 47.0 Å². The Balaban J connectivity index is 2.23. The highest BCUT2D eigenvalue weighted by Crippen LogP contribution is 2.32. The molecule has 0 amide bonds. The minimum atomic E-state index is -3.25. The lowest BCUT2D eigenvalue weighted by molar-refractivity contribution is 0.602. The maximum absolute atomic E-state index is 11.9. The van der Waals surface area contributed by atoms with Gasteiger partial charge in [-0.2, -0.15) is 0 Å². The second kappa shape index (κ2) is 5.97. The average Bonchev–Trinajstić information content (AvgIpc) is 2.54. The van der Waals surface area contributed by atoms with Gasteiger partial charge in [-0.25, -0.2) is 8.42 Å². The number of aromatic nitrogens is 1. The first-order valence-corrected chi connectivity index (χ1v) is 9.17. The van der Waals surface area contributed by atoms with Gasteiger partial charge in [0, 0.05) is 23.6 Å². The standard InChI is InChI=1S/C19H17NO2S/c1-14-11-16(13-17(12-14)23(2,21)22)18-9-6-10-20-19(18)15-7-4-3-5-8-15/h3-13H,1-2H3. The zero-order valence-electron chi connectivity index (χ0n) is 13.0. The van der Waals surface area contributed by atoms with E-state index in [0.29, 0.717) is 4.90 Å². The van der Waals surface area contributed by atoms with Crippen LogP contribution >= 0.6 is 0 Å². The van der Waals surface area contributed by atoms with Gasteiger partial charge in [0.05, 0.1) is 10.6 Å². The molecule has 0 saturated carbocycles. The van der Waals surface area contributed by atoms with E-state index >= 15 is 0 Å². The van der Waals surface area contributed by atoms with E-state index in [2.05, 4.69) is 4.98 Å². The largest absolute Gasteiger partial charge is 0.256 e. The van der Waals surface area contributed by atoms with E-state index in [1.807, 2.05) is 55.5 Å². The number of hydrogen-bond donors (Lipinski definition) is 0. The number of sulfone groups is 1. The molecule has 4 heteroatoms. The van der Waals surface area contributed by atoms with Crippen LogP contribution in [0.2, 0.25) is 0 Å². The van der Waals surface area contributed by atoms with Gasteiger partial charge in [0.1, 0.15) is 0 Å². The van der Waals surface area contributed by atoms with Gasteiger partial charge in [-0.3, -0.25) is 4.98 Å². The van der Waals surface area contributed by atoms with Crippen LogP contribution < -0.4 is 0 Å². The Hall–Kier alpha value is -2.46. The number of aryl methyl sites for hydroxylation is 1. The molecule has 3 aromatic rings. The molecule has 0 fully saturated rings. The van der Waals surface area contributed by atoms with Gasteiger partial charge < -0.3 is 0 Å². The number of rotatable bonds is 3. The van der Waals surface area contributed by atoms with Gasteiger partial charge >= 0.3 is 0 Å². The molecule has 1 heterocycles. The molecule has 0 radical (unpaired) electrons. The van der Waals surface area contributed by atoms with Crippen molar-refractivity contribution in [2.24, 2.45) is 0 Å². The number of hydrogen-bond acceptors (Lipinski definition) is 3. The zero-order valence-corrected chi connectivity index (χ0v) is 13.8. The summed E-state index contributed by atoms with van der Waals surface area (Å²) in [5.41, 5.74) is 4.54. The smallest absolute Gasteiger partial charge is 0.175 e. The Morgan fingerprint density at radius 2 is 1.61 bits per heavy atom. The van der Waals surface area contributed by atoms with Gasteiger partial charge in [0.25, 0.3) is 0 Å². The van der Waals surface area contributed by atoms with Crippen molar-refractivity contribution in [1.82, 2.24) is 4.98 Å². The summed E-state index contributed by atoms with van der Waals surface area (Å²) in [6.45, 7) is 1.90. The first-order chi connectivity index (χ1) is 10.9.